The number of ether oxygens (including phenoxy) is 1. The number of amides is 1. The first-order chi connectivity index (χ1) is 5.79. The maximum atomic E-state index is 11.0. The summed E-state index contributed by atoms with van der Waals surface area (Å²) in [6, 6.07) is 1.71. The first kappa shape index (κ1) is 8.60. The van der Waals surface area contributed by atoms with E-state index in [4.69, 9.17) is 10.00 Å². The minimum absolute atomic E-state index is 0.261. The number of nitriles is 1. The van der Waals surface area contributed by atoms with Crippen LogP contribution in [0.1, 0.15) is 6.92 Å². The van der Waals surface area contributed by atoms with E-state index in [-0.39, 0.29) is 12.6 Å². The van der Waals surface area contributed by atoms with E-state index in [1.807, 2.05) is 13.0 Å². The summed E-state index contributed by atoms with van der Waals surface area (Å²) in [6.07, 6.45) is 3.14. The van der Waals surface area contributed by atoms with Crippen LogP contribution in [0.2, 0.25) is 0 Å². The summed E-state index contributed by atoms with van der Waals surface area (Å²) in [5, 5.41) is 8.38. The van der Waals surface area contributed by atoms with Crippen LogP contribution in [-0.2, 0) is 4.74 Å². The Kier molecular flexibility index (Phi) is 2.70. The summed E-state index contributed by atoms with van der Waals surface area (Å²) in [4.78, 5) is 12.3. The van der Waals surface area contributed by atoms with Crippen molar-refractivity contribution in [2.24, 2.45) is 0 Å². The zero-order chi connectivity index (χ0) is 8.97. The van der Waals surface area contributed by atoms with E-state index in [9.17, 15) is 4.79 Å². The smallest absolute Gasteiger partial charge is 0.411 e. The summed E-state index contributed by atoms with van der Waals surface area (Å²) in [5.41, 5.74) is 0. The van der Waals surface area contributed by atoms with Crippen molar-refractivity contribution in [3.63, 3.8) is 0 Å². The van der Waals surface area contributed by atoms with Gasteiger partial charge in [0.1, 0.15) is 12.6 Å². The molecule has 1 atom stereocenters. The van der Waals surface area contributed by atoms with Gasteiger partial charge >= 0.3 is 6.09 Å². The summed E-state index contributed by atoms with van der Waals surface area (Å²) in [7, 11) is 0. The largest absolute Gasteiger partial charge is 0.445 e. The van der Waals surface area contributed by atoms with Gasteiger partial charge in [0.2, 0.25) is 0 Å². The predicted molar refractivity (Wildman–Crippen MR) is 42.3 cm³/mol. The fourth-order valence-electron chi connectivity index (χ4n) is 0.750. The molecular formula is C8H10N2O2. The first-order valence-electron chi connectivity index (χ1n) is 3.73. The summed E-state index contributed by atoms with van der Waals surface area (Å²) >= 11 is 0. The van der Waals surface area contributed by atoms with Gasteiger partial charge in [0.15, 0.2) is 0 Å². The third-order valence-electron chi connectivity index (χ3n) is 1.53. The quantitative estimate of drug-likeness (QED) is 0.452. The zero-order valence-electron chi connectivity index (χ0n) is 6.86. The molecule has 0 spiro atoms. The van der Waals surface area contributed by atoms with E-state index in [2.05, 4.69) is 0 Å². The van der Waals surface area contributed by atoms with Crippen LogP contribution in [0.3, 0.4) is 0 Å². The number of carbonyl (C=O) groups is 1. The molecule has 0 saturated carbocycles. The first-order valence-corrected chi connectivity index (χ1v) is 3.73. The van der Waals surface area contributed by atoms with Gasteiger partial charge in [-0.1, -0.05) is 12.2 Å². The van der Waals surface area contributed by atoms with Gasteiger partial charge in [-0.25, -0.2) is 4.79 Å². The third kappa shape index (κ3) is 1.99. The Labute approximate surface area is 71.0 Å². The van der Waals surface area contributed by atoms with Crippen LogP contribution in [0.4, 0.5) is 4.79 Å². The number of carbonyl (C=O) groups excluding carboxylic acids is 1. The molecule has 0 radical (unpaired) electrons. The molecule has 1 unspecified atom stereocenters. The predicted octanol–water partition coefficient (Wildman–Crippen LogP) is 0.907. The molecule has 1 amide bonds. The van der Waals surface area contributed by atoms with Crippen molar-refractivity contribution >= 4 is 6.09 Å². The number of hydrogen-bond acceptors (Lipinski definition) is 3. The Morgan fingerprint density at radius 3 is 3.17 bits per heavy atom. The standard InChI is InChI=1S/C8H10N2O2/c1-2-3-4-12-8(11)10-6-7(10)5-9/h2-3,7H,4,6H2,1H3/b3-2+. The molecular weight excluding hydrogens is 156 g/mol. The van der Waals surface area contributed by atoms with Crippen LogP contribution in [-0.4, -0.2) is 30.2 Å². The molecule has 0 bridgehead atoms. The van der Waals surface area contributed by atoms with E-state index in [0.717, 1.165) is 0 Å². The van der Waals surface area contributed by atoms with Crippen LogP contribution < -0.4 is 0 Å². The van der Waals surface area contributed by atoms with Gasteiger partial charge in [0, 0.05) is 0 Å². The molecule has 0 aliphatic carbocycles. The molecule has 4 nitrogen and oxygen atoms in total. The van der Waals surface area contributed by atoms with E-state index in [1.165, 1.54) is 4.90 Å². The minimum Gasteiger partial charge on any atom is -0.445 e. The molecule has 1 fully saturated rings. The van der Waals surface area contributed by atoms with Crippen LogP contribution in [0.5, 0.6) is 0 Å². The van der Waals surface area contributed by atoms with Gasteiger partial charge in [0.25, 0.3) is 0 Å². The summed E-state index contributed by atoms with van der Waals surface area (Å²) in [5.74, 6) is 0. The molecule has 0 N–H and O–H groups in total. The maximum Gasteiger partial charge on any atom is 0.411 e. The van der Waals surface area contributed by atoms with Gasteiger partial charge in [0.05, 0.1) is 12.6 Å². The second kappa shape index (κ2) is 3.77. The van der Waals surface area contributed by atoms with Crippen LogP contribution >= 0.6 is 0 Å². The molecule has 1 rings (SSSR count). The zero-order valence-corrected chi connectivity index (χ0v) is 6.86. The number of nitrogens with zero attached hydrogens (tertiary/aromatic N) is 2. The van der Waals surface area contributed by atoms with Crippen molar-refractivity contribution in [1.29, 1.82) is 5.26 Å². The Balaban J connectivity index is 2.19. The van der Waals surface area contributed by atoms with Crippen molar-refractivity contribution < 1.29 is 9.53 Å². The van der Waals surface area contributed by atoms with Gasteiger partial charge in [-0.2, -0.15) is 5.26 Å². The number of hydrogen-bond donors (Lipinski definition) is 0. The number of rotatable bonds is 2. The molecule has 12 heavy (non-hydrogen) atoms. The highest BCUT2D eigenvalue weighted by Crippen LogP contribution is 2.16. The topological polar surface area (TPSA) is 53.1 Å². The highest BCUT2D eigenvalue weighted by Gasteiger charge is 2.39. The molecule has 0 aromatic rings. The van der Waals surface area contributed by atoms with Crippen LogP contribution in [0.15, 0.2) is 12.2 Å². The van der Waals surface area contributed by atoms with E-state index >= 15 is 0 Å². The van der Waals surface area contributed by atoms with Crippen molar-refractivity contribution in [3.05, 3.63) is 12.2 Å². The summed E-state index contributed by atoms with van der Waals surface area (Å²) < 4.78 is 4.79. The Hall–Kier alpha value is -1.50. The normalized spacial score (nSPS) is 20.7. The van der Waals surface area contributed by atoms with E-state index < -0.39 is 6.09 Å². The lowest BCUT2D eigenvalue weighted by Gasteiger charge is -2.00. The van der Waals surface area contributed by atoms with Crippen molar-refractivity contribution in [3.8, 4) is 6.07 Å². The highest BCUT2D eigenvalue weighted by atomic mass is 16.6. The average Bonchev–Trinajstić information content (AvgIpc) is 2.83. The average molecular weight is 166 g/mol. The molecule has 0 aromatic heterocycles. The second-order valence-corrected chi connectivity index (χ2v) is 2.44. The fraction of sp³-hybridized carbons (Fsp3) is 0.500. The lowest BCUT2D eigenvalue weighted by Crippen LogP contribution is -2.14. The molecule has 1 heterocycles. The molecule has 4 heteroatoms. The molecule has 1 aliphatic rings. The maximum absolute atomic E-state index is 11.0. The van der Waals surface area contributed by atoms with Gasteiger partial charge in [-0.15, -0.1) is 0 Å². The SMILES string of the molecule is C/C=C/COC(=O)N1CC1C#N. The van der Waals surface area contributed by atoms with Crippen molar-refractivity contribution in [1.82, 2.24) is 4.90 Å². The molecule has 1 saturated heterocycles. The lowest BCUT2D eigenvalue weighted by molar-refractivity contribution is 0.141. The fourth-order valence-corrected chi connectivity index (χ4v) is 0.750. The van der Waals surface area contributed by atoms with Gasteiger partial charge in [-0.3, -0.25) is 4.90 Å². The van der Waals surface area contributed by atoms with E-state index in [0.29, 0.717) is 6.54 Å². The van der Waals surface area contributed by atoms with Gasteiger partial charge in [-0.05, 0) is 6.92 Å². The van der Waals surface area contributed by atoms with Crippen molar-refractivity contribution in [2.45, 2.75) is 13.0 Å². The third-order valence-corrected chi connectivity index (χ3v) is 1.53. The van der Waals surface area contributed by atoms with Crippen molar-refractivity contribution in [2.75, 3.05) is 13.2 Å². The minimum atomic E-state index is -0.403. The number of allylic oxidation sites excluding steroid dienone is 1. The van der Waals surface area contributed by atoms with Crippen LogP contribution in [0.25, 0.3) is 0 Å². The second-order valence-electron chi connectivity index (χ2n) is 2.44. The monoisotopic (exact) mass is 166 g/mol. The molecule has 1 aliphatic heterocycles. The van der Waals surface area contributed by atoms with E-state index in [1.54, 1.807) is 12.2 Å². The Morgan fingerprint density at radius 1 is 1.92 bits per heavy atom. The van der Waals surface area contributed by atoms with Gasteiger partial charge < -0.3 is 4.74 Å². The summed E-state index contributed by atoms with van der Waals surface area (Å²) in [6.45, 7) is 2.64. The Bertz CT molecular complexity index is 242. The molecule has 64 valence electrons. The van der Waals surface area contributed by atoms with Crippen LogP contribution in [0, 0.1) is 11.3 Å². The Morgan fingerprint density at radius 2 is 2.67 bits per heavy atom. The molecule has 0 aromatic carbocycles. The highest BCUT2D eigenvalue weighted by molar-refractivity contribution is 5.71. The lowest BCUT2D eigenvalue weighted by atomic mass is 10.5.